The molecular weight excluding hydrogens is 918 g/mol. The van der Waals surface area contributed by atoms with Gasteiger partial charge >= 0.3 is 0 Å². The Labute approximate surface area is 409 Å². The minimum atomic E-state index is -1.01. The van der Waals surface area contributed by atoms with Gasteiger partial charge in [-0.2, -0.15) is 0 Å². The molecule has 374 valence electrons. The van der Waals surface area contributed by atoms with Crippen LogP contribution in [0.4, 0.5) is 21.7 Å². The van der Waals surface area contributed by atoms with Gasteiger partial charge in [0, 0.05) is 57.9 Å². The maximum absolute atomic E-state index is 14.1. The Kier molecular flexibility index (Phi) is 16.1. The predicted octanol–water partition coefficient (Wildman–Crippen LogP) is 3.09. The minimum absolute atomic E-state index is 0.0493. The quantitative estimate of drug-likeness (QED) is 0.0634. The van der Waals surface area contributed by atoms with Crippen LogP contribution < -0.4 is 25.8 Å². The van der Waals surface area contributed by atoms with Crippen LogP contribution in [-0.2, 0) is 33.3 Å². The number of carbonyl (C=O) groups excluding carboxylic acids is 5. The van der Waals surface area contributed by atoms with Crippen molar-refractivity contribution >= 4 is 52.5 Å². The van der Waals surface area contributed by atoms with E-state index >= 15 is 0 Å². The van der Waals surface area contributed by atoms with Crippen molar-refractivity contribution < 1.29 is 47.3 Å². The van der Waals surface area contributed by atoms with Crippen LogP contribution in [0.1, 0.15) is 58.0 Å². The average Bonchev–Trinajstić information content (AvgIpc) is 4.10. The van der Waals surface area contributed by atoms with Crippen molar-refractivity contribution in [2.75, 3.05) is 120 Å². The molecule has 9 rings (SSSR count). The molecule has 2 aromatic carbocycles. The Hall–Kier alpha value is -6.91. The molecule has 21 heteroatoms. The molecule has 7 heterocycles. The summed E-state index contributed by atoms with van der Waals surface area (Å²) in [5, 5.41) is 13.3. The lowest BCUT2D eigenvalue weighted by Crippen LogP contribution is -2.54. The molecule has 20 nitrogen and oxygen atoms in total. The summed E-state index contributed by atoms with van der Waals surface area (Å²) in [7, 11) is 0. The summed E-state index contributed by atoms with van der Waals surface area (Å²) in [6.45, 7) is 7.98. The molecular formula is C50H58FN11O9. The Morgan fingerprint density at radius 3 is 2.23 bits per heavy atom. The van der Waals surface area contributed by atoms with Crippen molar-refractivity contribution in [3.8, 4) is 11.4 Å². The third kappa shape index (κ3) is 12.0. The summed E-state index contributed by atoms with van der Waals surface area (Å²) in [5.41, 5.74) is 4.27. The van der Waals surface area contributed by atoms with Gasteiger partial charge in [-0.25, -0.2) is 18.9 Å². The number of hydrogen-bond acceptors (Lipinski definition) is 16. The zero-order chi connectivity index (χ0) is 49.1. The largest absolute Gasteiger partial charge is 0.383 e. The first-order valence-corrected chi connectivity index (χ1v) is 24.2. The van der Waals surface area contributed by atoms with Crippen LogP contribution in [0, 0.1) is 5.82 Å². The van der Waals surface area contributed by atoms with Crippen molar-refractivity contribution in [2.24, 2.45) is 0 Å². The van der Waals surface area contributed by atoms with Crippen molar-refractivity contribution in [3.63, 3.8) is 0 Å². The summed E-state index contributed by atoms with van der Waals surface area (Å²) in [4.78, 5) is 79.6. The number of fused-ring (bicyclic) bond motifs is 2. The first-order chi connectivity index (χ1) is 34.7. The fourth-order valence-corrected chi connectivity index (χ4v) is 9.30. The highest BCUT2D eigenvalue weighted by Crippen LogP contribution is 2.36. The van der Waals surface area contributed by atoms with Crippen LogP contribution in [0.5, 0.6) is 0 Å². The van der Waals surface area contributed by atoms with Gasteiger partial charge in [-0.05, 0) is 79.4 Å². The number of carbonyl (C=O) groups is 5. The Morgan fingerprint density at radius 1 is 0.732 bits per heavy atom. The minimum Gasteiger partial charge on any atom is -0.383 e. The van der Waals surface area contributed by atoms with E-state index in [1.165, 1.54) is 6.07 Å². The summed E-state index contributed by atoms with van der Waals surface area (Å²) in [5.74, 6) is -0.792. The van der Waals surface area contributed by atoms with Gasteiger partial charge in [0.15, 0.2) is 5.65 Å². The van der Waals surface area contributed by atoms with E-state index in [0.717, 1.165) is 84.7 Å². The number of pyridine rings is 1. The SMILES string of the molecule is O=C(CN1CCN(c2cccc(-c3cnc4ccc(N5CCC[C@H]5c5cccc(F)c5)nn34)n2)CC1)NCCOCCOCCOCCOCCNc1ccc2c(c1)C(=O)N(C1CCC(=O)NC1=O)C2=O. The summed E-state index contributed by atoms with van der Waals surface area (Å²) in [6.07, 6.45) is 3.89. The number of piperidine rings is 1. The van der Waals surface area contributed by atoms with Gasteiger partial charge in [0.1, 0.15) is 29.2 Å². The van der Waals surface area contributed by atoms with E-state index in [-0.39, 0.29) is 41.7 Å². The molecule has 3 saturated heterocycles. The molecule has 3 N–H and O–H groups in total. The van der Waals surface area contributed by atoms with Gasteiger partial charge < -0.3 is 39.4 Å². The van der Waals surface area contributed by atoms with Crippen molar-refractivity contribution in [3.05, 3.63) is 102 Å². The number of nitrogens with one attached hydrogen (secondary N) is 3. The average molecular weight is 976 g/mol. The van der Waals surface area contributed by atoms with Crippen molar-refractivity contribution in [1.29, 1.82) is 0 Å². The summed E-state index contributed by atoms with van der Waals surface area (Å²) in [6, 6.07) is 20.6. The van der Waals surface area contributed by atoms with E-state index in [9.17, 15) is 28.4 Å². The topological polar surface area (TPSA) is 214 Å². The number of piperazine rings is 1. The van der Waals surface area contributed by atoms with Crippen LogP contribution in [0.15, 0.2) is 79.0 Å². The highest BCUT2D eigenvalue weighted by Gasteiger charge is 2.44. The smallest absolute Gasteiger partial charge is 0.262 e. The molecule has 4 aliphatic rings. The van der Waals surface area contributed by atoms with Gasteiger partial charge in [-0.1, -0.05) is 18.2 Å². The standard InChI is InChI=1S/C50H58FN11O9/c51-35-5-1-4-34(30-35)40-7-3-17-60(40)45-13-12-43-54-32-42(62(43)57-45)39-6-2-8-44(55-39)59-20-18-58(19-21-59)33-47(64)53-16-23-69-25-27-71-29-28-70-26-24-68-22-15-52-36-9-10-37-38(31-36)50(67)61(49(37)66)41-11-14-46(63)56-48(41)65/h1-2,4-6,8-10,12-13,30-32,40-41,52H,3,7,11,14-29,33H2,(H,53,64)(H,56,63,65)/t40-,41?/m0/s1. The van der Waals surface area contributed by atoms with Gasteiger partial charge in [-0.15, -0.1) is 5.10 Å². The van der Waals surface area contributed by atoms with Crippen LogP contribution in [0.25, 0.3) is 17.0 Å². The number of halogens is 1. The second-order valence-corrected chi connectivity index (χ2v) is 17.6. The third-order valence-corrected chi connectivity index (χ3v) is 12.9. The molecule has 0 bridgehead atoms. The maximum atomic E-state index is 14.1. The van der Waals surface area contributed by atoms with Crippen LogP contribution in [-0.4, -0.2) is 170 Å². The maximum Gasteiger partial charge on any atom is 0.262 e. The predicted molar refractivity (Wildman–Crippen MR) is 258 cm³/mol. The monoisotopic (exact) mass is 975 g/mol. The zero-order valence-corrected chi connectivity index (χ0v) is 39.4. The number of imide groups is 2. The lowest BCUT2D eigenvalue weighted by molar-refractivity contribution is -0.136. The fourth-order valence-electron chi connectivity index (χ4n) is 9.30. The molecule has 3 fully saturated rings. The lowest BCUT2D eigenvalue weighted by Gasteiger charge is -2.35. The normalized spacial score (nSPS) is 18.4. The van der Waals surface area contributed by atoms with E-state index in [1.807, 2.05) is 40.9 Å². The molecule has 0 aliphatic carbocycles. The first-order valence-electron chi connectivity index (χ1n) is 24.2. The number of imidazole rings is 1. The van der Waals surface area contributed by atoms with Crippen LogP contribution in [0.3, 0.4) is 0 Å². The molecule has 5 amide bonds. The molecule has 5 aromatic rings. The van der Waals surface area contributed by atoms with E-state index in [1.54, 1.807) is 36.5 Å². The van der Waals surface area contributed by atoms with E-state index in [2.05, 4.69) is 35.6 Å². The molecule has 0 radical (unpaired) electrons. The Morgan fingerprint density at radius 2 is 1.46 bits per heavy atom. The number of rotatable bonds is 23. The van der Waals surface area contributed by atoms with Crippen molar-refractivity contribution in [2.45, 2.75) is 37.8 Å². The Balaban J connectivity index is 0.592. The molecule has 0 saturated carbocycles. The number of aromatic nitrogens is 4. The van der Waals surface area contributed by atoms with Gasteiger partial charge in [-0.3, -0.25) is 39.1 Å². The van der Waals surface area contributed by atoms with Gasteiger partial charge in [0.2, 0.25) is 17.7 Å². The number of nitrogens with zero attached hydrogens (tertiary/aromatic N) is 8. The molecule has 3 aromatic heterocycles. The molecule has 71 heavy (non-hydrogen) atoms. The van der Waals surface area contributed by atoms with Crippen LogP contribution >= 0.6 is 0 Å². The second-order valence-electron chi connectivity index (χ2n) is 17.6. The van der Waals surface area contributed by atoms with E-state index in [0.29, 0.717) is 78.2 Å². The highest BCUT2D eigenvalue weighted by molar-refractivity contribution is 6.23. The number of benzene rings is 2. The Bertz CT molecular complexity index is 2710. The number of ether oxygens (including phenoxy) is 4. The van der Waals surface area contributed by atoms with E-state index < -0.39 is 29.7 Å². The van der Waals surface area contributed by atoms with Crippen molar-refractivity contribution in [1.82, 2.24) is 40.0 Å². The fraction of sp³-hybridized carbons (Fsp3) is 0.440. The van der Waals surface area contributed by atoms with E-state index in [4.69, 9.17) is 29.0 Å². The molecule has 4 aliphatic heterocycles. The number of anilines is 3. The highest BCUT2D eigenvalue weighted by atomic mass is 19.1. The number of amides is 5. The van der Waals surface area contributed by atoms with Gasteiger partial charge in [0.05, 0.1) is 88.5 Å². The van der Waals surface area contributed by atoms with Crippen LogP contribution in [0.2, 0.25) is 0 Å². The summed E-state index contributed by atoms with van der Waals surface area (Å²) >= 11 is 0. The molecule has 0 spiro atoms. The summed E-state index contributed by atoms with van der Waals surface area (Å²) < 4.78 is 38.3. The lowest BCUT2D eigenvalue weighted by atomic mass is 10.0. The molecule has 1 unspecified atom stereocenters. The first kappa shape index (κ1) is 49.1. The molecule has 2 atom stereocenters. The zero-order valence-electron chi connectivity index (χ0n) is 39.4. The number of hydrogen-bond donors (Lipinski definition) is 3. The third-order valence-electron chi connectivity index (χ3n) is 12.9. The second kappa shape index (κ2) is 23.3. The van der Waals surface area contributed by atoms with Gasteiger partial charge in [0.25, 0.3) is 11.8 Å².